The van der Waals surface area contributed by atoms with Gasteiger partial charge in [0.1, 0.15) is 5.75 Å². The zero-order chi connectivity index (χ0) is 14.5. The molecule has 4 nitrogen and oxygen atoms in total. The van der Waals surface area contributed by atoms with E-state index in [9.17, 15) is 9.90 Å². The Hall–Kier alpha value is -1.10. The van der Waals surface area contributed by atoms with Crippen LogP contribution in [0.3, 0.4) is 0 Å². The number of piperidine rings is 1. The molecule has 0 radical (unpaired) electrons. The van der Waals surface area contributed by atoms with Crippen molar-refractivity contribution in [2.24, 2.45) is 5.92 Å². The summed E-state index contributed by atoms with van der Waals surface area (Å²) in [6, 6.07) is 5.10. The number of rotatable bonds is 5. The first-order valence-electron chi connectivity index (χ1n) is 6.84. The first kappa shape index (κ1) is 15.3. The van der Waals surface area contributed by atoms with Crippen LogP contribution in [0.4, 0.5) is 0 Å². The Morgan fingerprint density at radius 2 is 2.35 bits per heavy atom. The molecule has 0 aromatic heterocycles. The minimum atomic E-state index is 0.0492. The fraction of sp³-hybridized carbons (Fsp3) is 0.533. The molecule has 1 heterocycles. The molecule has 0 saturated carbocycles. The van der Waals surface area contributed by atoms with E-state index >= 15 is 0 Å². The third-order valence-electron chi connectivity index (χ3n) is 3.70. The van der Waals surface area contributed by atoms with Crippen molar-refractivity contribution in [1.29, 1.82) is 0 Å². The Morgan fingerprint density at radius 3 is 3.00 bits per heavy atom. The number of benzene rings is 1. The quantitative estimate of drug-likeness (QED) is 0.847. The van der Waals surface area contributed by atoms with Crippen LogP contribution in [0.1, 0.15) is 23.2 Å². The van der Waals surface area contributed by atoms with Gasteiger partial charge in [0.05, 0.1) is 18.7 Å². The van der Waals surface area contributed by atoms with Crippen LogP contribution in [-0.2, 0) is 0 Å². The number of ether oxygens (including phenoxy) is 1. The van der Waals surface area contributed by atoms with Crippen molar-refractivity contribution >= 4 is 17.4 Å². The fourth-order valence-corrected chi connectivity index (χ4v) is 2.84. The molecule has 1 atom stereocenters. The maximum absolute atomic E-state index is 12.3. The van der Waals surface area contributed by atoms with E-state index in [2.05, 4.69) is 4.90 Å². The second-order valence-corrected chi connectivity index (χ2v) is 5.61. The molecular weight excluding hydrogens is 278 g/mol. The predicted octanol–water partition coefficient (Wildman–Crippen LogP) is 2.24. The van der Waals surface area contributed by atoms with Gasteiger partial charge in [-0.25, -0.2) is 0 Å². The molecule has 1 aliphatic rings. The normalized spacial score (nSPS) is 19.9. The highest BCUT2D eigenvalue weighted by molar-refractivity contribution is 6.32. The molecule has 0 spiro atoms. The lowest BCUT2D eigenvalue weighted by molar-refractivity contribution is 0.0833. The van der Waals surface area contributed by atoms with Crippen LogP contribution in [0, 0.1) is 5.92 Å². The highest BCUT2D eigenvalue weighted by Gasteiger charge is 2.21. The largest absolute Gasteiger partial charge is 0.495 e. The smallest absolute Gasteiger partial charge is 0.176 e. The SMILES string of the molecule is COc1ccc(C(=O)CN2CCCC(CO)C2)cc1Cl. The minimum absolute atomic E-state index is 0.0492. The molecule has 1 fully saturated rings. The second-order valence-electron chi connectivity index (χ2n) is 5.20. The van der Waals surface area contributed by atoms with E-state index < -0.39 is 0 Å². The maximum atomic E-state index is 12.3. The van der Waals surface area contributed by atoms with Gasteiger partial charge in [-0.1, -0.05) is 11.6 Å². The number of hydrogen-bond donors (Lipinski definition) is 1. The van der Waals surface area contributed by atoms with Gasteiger partial charge in [-0.2, -0.15) is 0 Å². The van der Waals surface area contributed by atoms with Crippen LogP contribution in [-0.4, -0.2) is 49.1 Å². The number of methoxy groups -OCH3 is 1. The summed E-state index contributed by atoms with van der Waals surface area (Å²) in [5, 5.41) is 9.66. The summed E-state index contributed by atoms with van der Waals surface area (Å²) in [7, 11) is 1.55. The maximum Gasteiger partial charge on any atom is 0.176 e. The van der Waals surface area contributed by atoms with Crippen molar-refractivity contribution in [2.45, 2.75) is 12.8 Å². The lowest BCUT2D eigenvalue weighted by Gasteiger charge is -2.31. The average Bonchev–Trinajstić information content (AvgIpc) is 2.47. The van der Waals surface area contributed by atoms with Gasteiger partial charge >= 0.3 is 0 Å². The molecule has 20 heavy (non-hydrogen) atoms. The number of aliphatic hydroxyl groups is 1. The summed E-state index contributed by atoms with van der Waals surface area (Å²) in [6.45, 7) is 2.26. The highest BCUT2D eigenvalue weighted by atomic mass is 35.5. The third kappa shape index (κ3) is 3.72. The van der Waals surface area contributed by atoms with Gasteiger partial charge in [-0.3, -0.25) is 9.69 Å². The molecule has 1 saturated heterocycles. The van der Waals surface area contributed by atoms with Crippen LogP contribution in [0.5, 0.6) is 5.75 Å². The van der Waals surface area contributed by atoms with Crippen LogP contribution in [0.15, 0.2) is 18.2 Å². The number of carbonyl (C=O) groups is 1. The fourth-order valence-electron chi connectivity index (χ4n) is 2.58. The number of hydrogen-bond acceptors (Lipinski definition) is 4. The first-order chi connectivity index (χ1) is 9.63. The molecule has 0 amide bonds. The number of nitrogens with zero attached hydrogens (tertiary/aromatic N) is 1. The Balaban J connectivity index is 1.99. The second kappa shape index (κ2) is 7.07. The predicted molar refractivity (Wildman–Crippen MR) is 78.6 cm³/mol. The van der Waals surface area contributed by atoms with Crippen molar-refractivity contribution in [2.75, 3.05) is 33.4 Å². The Morgan fingerprint density at radius 1 is 1.55 bits per heavy atom. The molecule has 1 aliphatic heterocycles. The standard InChI is InChI=1S/C15H20ClNO3/c1-20-15-5-4-12(7-13(15)16)14(19)9-17-6-2-3-11(8-17)10-18/h4-5,7,11,18H,2-3,6,8-10H2,1H3. The van der Waals surface area contributed by atoms with Crippen LogP contribution in [0.25, 0.3) is 0 Å². The molecule has 1 unspecified atom stereocenters. The van der Waals surface area contributed by atoms with Gasteiger partial charge in [-0.05, 0) is 43.5 Å². The number of aliphatic hydroxyl groups excluding tert-OH is 1. The average molecular weight is 298 g/mol. The van der Waals surface area contributed by atoms with E-state index in [1.165, 1.54) is 0 Å². The number of carbonyl (C=O) groups excluding carboxylic acids is 1. The molecular formula is C15H20ClNO3. The van der Waals surface area contributed by atoms with E-state index in [0.717, 1.165) is 25.9 Å². The van der Waals surface area contributed by atoms with Gasteiger partial charge in [0, 0.05) is 18.7 Å². The van der Waals surface area contributed by atoms with Crippen molar-refractivity contribution in [3.63, 3.8) is 0 Å². The Bertz CT molecular complexity index is 478. The van der Waals surface area contributed by atoms with E-state index in [0.29, 0.717) is 22.9 Å². The number of ketones is 1. The summed E-state index contributed by atoms with van der Waals surface area (Å²) >= 11 is 6.04. The van der Waals surface area contributed by atoms with Gasteiger partial charge < -0.3 is 9.84 Å². The van der Waals surface area contributed by atoms with E-state index in [-0.39, 0.29) is 18.3 Å². The van der Waals surface area contributed by atoms with E-state index in [1.807, 2.05) is 0 Å². The molecule has 110 valence electrons. The van der Waals surface area contributed by atoms with Crippen molar-refractivity contribution in [1.82, 2.24) is 4.90 Å². The van der Waals surface area contributed by atoms with Crippen LogP contribution < -0.4 is 4.74 Å². The van der Waals surface area contributed by atoms with Gasteiger partial charge in [0.15, 0.2) is 5.78 Å². The van der Waals surface area contributed by atoms with Gasteiger partial charge in [0.2, 0.25) is 0 Å². The van der Waals surface area contributed by atoms with E-state index in [1.54, 1.807) is 25.3 Å². The molecule has 1 aromatic carbocycles. The molecule has 0 bridgehead atoms. The summed E-state index contributed by atoms with van der Waals surface area (Å²) < 4.78 is 5.08. The first-order valence-corrected chi connectivity index (χ1v) is 7.21. The van der Waals surface area contributed by atoms with Gasteiger partial charge in [0.25, 0.3) is 0 Å². The van der Waals surface area contributed by atoms with Gasteiger partial charge in [-0.15, -0.1) is 0 Å². The van der Waals surface area contributed by atoms with Crippen LogP contribution >= 0.6 is 11.6 Å². The Labute approximate surface area is 124 Å². The highest BCUT2D eigenvalue weighted by Crippen LogP contribution is 2.25. The van der Waals surface area contributed by atoms with Crippen molar-refractivity contribution < 1.29 is 14.6 Å². The molecule has 1 aromatic rings. The Kier molecular flexibility index (Phi) is 5.40. The molecule has 0 aliphatic carbocycles. The third-order valence-corrected chi connectivity index (χ3v) is 4.00. The van der Waals surface area contributed by atoms with Crippen LogP contribution in [0.2, 0.25) is 5.02 Å². The molecule has 5 heteroatoms. The van der Waals surface area contributed by atoms with E-state index in [4.69, 9.17) is 16.3 Å². The summed E-state index contributed by atoms with van der Waals surface area (Å²) in [4.78, 5) is 14.4. The monoisotopic (exact) mass is 297 g/mol. The molecule has 1 N–H and O–H groups in total. The minimum Gasteiger partial charge on any atom is -0.495 e. The summed E-state index contributed by atoms with van der Waals surface area (Å²) in [5.41, 5.74) is 0.599. The lowest BCUT2D eigenvalue weighted by Crippen LogP contribution is -2.39. The zero-order valence-electron chi connectivity index (χ0n) is 11.6. The number of Topliss-reactive ketones (excluding diaryl/α,β-unsaturated/α-hetero) is 1. The number of likely N-dealkylation sites (tertiary alicyclic amines) is 1. The van der Waals surface area contributed by atoms with Crippen molar-refractivity contribution in [3.8, 4) is 5.75 Å². The molecule has 2 rings (SSSR count). The number of halogens is 1. The zero-order valence-corrected chi connectivity index (χ0v) is 12.4. The topological polar surface area (TPSA) is 49.8 Å². The summed E-state index contributed by atoms with van der Waals surface area (Å²) in [5.74, 6) is 0.908. The lowest BCUT2D eigenvalue weighted by atomic mass is 9.98. The van der Waals surface area contributed by atoms with Crippen molar-refractivity contribution in [3.05, 3.63) is 28.8 Å². The summed E-state index contributed by atoms with van der Waals surface area (Å²) in [6.07, 6.45) is 2.07.